The summed E-state index contributed by atoms with van der Waals surface area (Å²) in [7, 11) is 0. The molecule has 0 aliphatic carbocycles. The van der Waals surface area contributed by atoms with Crippen molar-refractivity contribution in [3.05, 3.63) is 33.9 Å². The van der Waals surface area contributed by atoms with Crippen LogP contribution in [0.1, 0.15) is 24.8 Å². The number of ether oxygens (including phenoxy) is 1. The van der Waals surface area contributed by atoms with Crippen molar-refractivity contribution in [1.29, 1.82) is 5.26 Å². The highest BCUT2D eigenvalue weighted by molar-refractivity contribution is 5.65. The van der Waals surface area contributed by atoms with E-state index in [0.29, 0.717) is 13.0 Å². The lowest BCUT2D eigenvalue weighted by Crippen LogP contribution is -2.46. The molecule has 22 heavy (non-hydrogen) atoms. The predicted octanol–water partition coefficient (Wildman–Crippen LogP) is 2.38. The summed E-state index contributed by atoms with van der Waals surface area (Å²) in [4.78, 5) is 22.7. The van der Waals surface area contributed by atoms with Crippen molar-refractivity contribution in [2.45, 2.75) is 25.3 Å². The molecule has 1 aromatic carbocycles. The van der Waals surface area contributed by atoms with Gasteiger partial charge in [-0.05, 0) is 25.3 Å². The number of hydrogen-bond donors (Lipinski definition) is 1. The summed E-state index contributed by atoms with van der Waals surface area (Å²) >= 11 is 0. The number of likely N-dealkylation sites (tertiary alicyclic amines) is 1. The lowest BCUT2D eigenvalue weighted by atomic mass is 10.0. The Balaban J connectivity index is 2.14. The molecular weight excluding hydrogens is 290 g/mol. The first kappa shape index (κ1) is 15.6. The Hall–Kier alpha value is -2.82. The fourth-order valence-electron chi connectivity index (χ4n) is 2.52. The summed E-state index contributed by atoms with van der Waals surface area (Å²) in [6, 6.07) is 5.60. The highest BCUT2D eigenvalue weighted by atomic mass is 16.6. The molecule has 8 nitrogen and oxygen atoms in total. The van der Waals surface area contributed by atoms with E-state index in [1.165, 1.54) is 23.1 Å². The quantitative estimate of drug-likeness (QED) is 0.674. The van der Waals surface area contributed by atoms with E-state index in [2.05, 4.69) is 0 Å². The Morgan fingerprint density at radius 3 is 2.95 bits per heavy atom. The molecule has 116 valence electrons. The molecule has 0 saturated carbocycles. The van der Waals surface area contributed by atoms with Crippen LogP contribution in [0.5, 0.6) is 5.75 Å². The third kappa shape index (κ3) is 3.25. The molecule has 0 aromatic heterocycles. The fourth-order valence-corrected chi connectivity index (χ4v) is 2.52. The molecule has 1 aliphatic heterocycles. The van der Waals surface area contributed by atoms with Crippen molar-refractivity contribution in [2.75, 3.05) is 13.2 Å². The van der Waals surface area contributed by atoms with Gasteiger partial charge in [-0.25, -0.2) is 4.79 Å². The molecule has 0 spiro atoms. The number of nitro benzene ring substituents is 1. The van der Waals surface area contributed by atoms with Gasteiger partial charge in [-0.2, -0.15) is 5.26 Å². The van der Waals surface area contributed by atoms with Gasteiger partial charge in [0.05, 0.1) is 11.0 Å². The van der Waals surface area contributed by atoms with Gasteiger partial charge in [0.2, 0.25) is 0 Å². The number of nitriles is 1. The zero-order chi connectivity index (χ0) is 16.1. The molecule has 2 rings (SSSR count). The van der Waals surface area contributed by atoms with E-state index in [9.17, 15) is 14.9 Å². The largest absolute Gasteiger partial charge is 0.490 e. The molecule has 0 radical (unpaired) electrons. The van der Waals surface area contributed by atoms with E-state index in [0.717, 1.165) is 12.8 Å². The lowest BCUT2D eigenvalue weighted by molar-refractivity contribution is -0.385. The first-order valence-electron chi connectivity index (χ1n) is 6.84. The summed E-state index contributed by atoms with van der Waals surface area (Å²) in [5, 5.41) is 29.1. The van der Waals surface area contributed by atoms with Crippen molar-refractivity contribution in [3.63, 3.8) is 0 Å². The smallest absolute Gasteiger partial charge is 0.407 e. The summed E-state index contributed by atoms with van der Waals surface area (Å²) < 4.78 is 5.51. The van der Waals surface area contributed by atoms with E-state index >= 15 is 0 Å². The third-order valence-electron chi connectivity index (χ3n) is 3.62. The van der Waals surface area contributed by atoms with Gasteiger partial charge < -0.3 is 14.7 Å². The van der Waals surface area contributed by atoms with Gasteiger partial charge in [0, 0.05) is 12.6 Å². The second-order valence-corrected chi connectivity index (χ2v) is 4.96. The van der Waals surface area contributed by atoms with Crippen molar-refractivity contribution in [2.24, 2.45) is 0 Å². The topological polar surface area (TPSA) is 117 Å². The molecule has 1 atom stereocenters. The van der Waals surface area contributed by atoms with Crippen LogP contribution in [0.4, 0.5) is 10.5 Å². The van der Waals surface area contributed by atoms with E-state index in [4.69, 9.17) is 15.1 Å². The number of carboxylic acid groups (broad SMARTS) is 1. The molecule has 8 heteroatoms. The highest BCUT2D eigenvalue weighted by Crippen LogP contribution is 2.28. The number of hydrogen-bond acceptors (Lipinski definition) is 5. The minimum Gasteiger partial charge on any atom is -0.490 e. The highest BCUT2D eigenvalue weighted by Gasteiger charge is 2.27. The van der Waals surface area contributed by atoms with E-state index in [1.54, 1.807) is 6.07 Å². The zero-order valence-corrected chi connectivity index (χ0v) is 11.8. The fraction of sp³-hybridized carbons (Fsp3) is 0.429. The lowest BCUT2D eigenvalue weighted by Gasteiger charge is -2.33. The molecule has 1 aliphatic rings. The van der Waals surface area contributed by atoms with Crippen LogP contribution in [0.25, 0.3) is 0 Å². The summed E-state index contributed by atoms with van der Waals surface area (Å²) in [6.07, 6.45) is 1.37. The number of carbonyl (C=O) groups is 1. The maximum Gasteiger partial charge on any atom is 0.407 e. The number of benzene rings is 1. The van der Waals surface area contributed by atoms with Gasteiger partial charge in [-0.1, -0.05) is 6.07 Å². The first-order valence-corrected chi connectivity index (χ1v) is 6.84. The predicted molar refractivity (Wildman–Crippen MR) is 75.7 cm³/mol. The zero-order valence-electron chi connectivity index (χ0n) is 11.8. The molecule has 1 N–H and O–H groups in total. The Kier molecular flexibility index (Phi) is 4.78. The van der Waals surface area contributed by atoms with Gasteiger partial charge >= 0.3 is 6.09 Å². The minimum atomic E-state index is -1.01. The standard InChI is InChI=1S/C14H15N3O5/c15-8-11-12(17(20)21)5-3-6-13(11)22-9-10-4-1-2-7-16(10)14(18)19/h3,5-6,10H,1-2,4,7,9H2,(H,18,19). The Bertz CT molecular complexity index is 625. The minimum absolute atomic E-state index is 0.0716. The molecule has 1 unspecified atom stereocenters. The van der Waals surface area contributed by atoms with Crippen molar-refractivity contribution < 1.29 is 19.6 Å². The molecule has 1 fully saturated rings. The number of nitrogens with zero attached hydrogens (tertiary/aromatic N) is 3. The Morgan fingerprint density at radius 1 is 1.55 bits per heavy atom. The number of piperidine rings is 1. The van der Waals surface area contributed by atoms with Gasteiger partial charge in [-0.3, -0.25) is 10.1 Å². The molecular formula is C14H15N3O5. The normalized spacial score (nSPS) is 17.6. The number of amides is 1. The Labute approximate surface area is 126 Å². The average Bonchev–Trinajstić information content (AvgIpc) is 2.52. The average molecular weight is 305 g/mol. The third-order valence-corrected chi connectivity index (χ3v) is 3.62. The van der Waals surface area contributed by atoms with Crippen molar-refractivity contribution in [1.82, 2.24) is 4.90 Å². The molecule has 0 bridgehead atoms. The second-order valence-electron chi connectivity index (χ2n) is 4.96. The summed E-state index contributed by atoms with van der Waals surface area (Å²) in [6.45, 7) is 0.519. The van der Waals surface area contributed by atoms with Gasteiger partial charge in [-0.15, -0.1) is 0 Å². The number of rotatable bonds is 4. The van der Waals surface area contributed by atoms with Crippen LogP contribution < -0.4 is 4.74 Å². The van der Waals surface area contributed by atoms with Gasteiger partial charge in [0.1, 0.15) is 18.4 Å². The van der Waals surface area contributed by atoms with Crippen LogP contribution >= 0.6 is 0 Å². The van der Waals surface area contributed by atoms with Crippen molar-refractivity contribution in [3.8, 4) is 11.8 Å². The SMILES string of the molecule is N#Cc1c(OCC2CCCCN2C(=O)O)cccc1[N+](=O)[O-]. The van der Waals surface area contributed by atoms with Gasteiger partial charge in [0.25, 0.3) is 5.69 Å². The maximum atomic E-state index is 11.2. The second kappa shape index (κ2) is 6.76. The van der Waals surface area contributed by atoms with Crippen molar-refractivity contribution >= 4 is 11.8 Å². The maximum absolute atomic E-state index is 11.2. The monoisotopic (exact) mass is 305 g/mol. The summed E-state index contributed by atoms with van der Waals surface area (Å²) in [5.41, 5.74) is -0.469. The number of nitro groups is 1. The molecule has 1 aromatic rings. The van der Waals surface area contributed by atoms with Crippen LogP contribution in [-0.4, -0.2) is 40.2 Å². The molecule has 1 heterocycles. The first-order chi connectivity index (χ1) is 10.5. The van der Waals surface area contributed by atoms with Crippen LogP contribution in [0, 0.1) is 21.4 Å². The van der Waals surface area contributed by atoms with E-state index in [-0.39, 0.29) is 29.6 Å². The Morgan fingerprint density at radius 2 is 2.32 bits per heavy atom. The summed E-state index contributed by atoms with van der Waals surface area (Å²) in [5.74, 6) is 0.104. The van der Waals surface area contributed by atoms with E-state index < -0.39 is 11.0 Å². The van der Waals surface area contributed by atoms with Crippen LogP contribution in [0.3, 0.4) is 0 Å². The van der Waals surface area contributed by atoms with Crippen LogP contribution in [0.2, 0.25) is 0 Å². The van der Waals surface area contributed by atoms with Crippen LogP contribution in [0.15, 0.2) is 18.2 Å². The molecule has 1 amide bonds. The van der Waals surface area contributed by atoms with E-state index in [1.807, 2.05) is 0 Å². The van der Waals surface area contributed by atoms with Crippen LogP contribution in [-0.2, 0) is 0 Å². The molecule has 1 saturated heterocycles. The van der Waals surface area contributed by atoms with Gasteiger partial charge in [0.15, 0.2) is 5.56 Å².